The van der Waals surface area contributed by atoms with Crippen LogP contribution in [0, 0.1) is 0 Å². The third-order valence-corrected chi connectivity index (χ3v) is 5.15. The number of hydrogen-bond acceptors (Lipinski definition) is 3. The Labute approximate surface area is 186 Å². The zero-order chi connectivity index (χ0) is 23.6. The van der Waals surface area contributed by atoms with Gasteiger partial charge in [-0.05, 0) is 35.4 Å². The molecule has 0 bridgehead atoms. The van der Waals surface area contributed by atoms with E-state index >= 15 is 0 Å². The van der Waals surface area contributed by atoms with Gasteiger partial charge >= 0.3 is 11.9 Å². The molecule has 0 aliphatic carbocycles. The monoisotopic (exact) mass is 450 g/mol. The fourth-order valence-corrected chi connectivity index (χ4v) is 3.42. The van der Waals surface area contributed by atoms with E-state index in [0.717, 1.165) is 12.1 Å². The normalized spacial score (nSPS) is 11.4. The predicted octanol–water partition coefficient (Wildman–Crippen LogP) is 5.91. The summed E-state index contributed by atoms with van der Waals surface area (Å²) in [4.78, 5) is 28.2. The molecule has 0 unspecified atom stereocenters. The number of benzene rings is 3. The number of fused-ring (bicyclic) bond motifs is 1. The molecule has 4 rings (SSSR count). The molecular formula is C25H17F3N2O3. The lowest BCUT2D eigenvalue weighted by Gasteiger charge is -2.14. The van der Waals surface area contributed by atoms with Crippen molar-refractivity contribution in [3.8, 4) is 11.1 Å². The maximum atomic E-state index is 13.6. The van der Waals surface area contributed by atoms with Gasteiger partial charge in [0, 0.05) is 28.4 Å². The summed E-state index contributed by atoms with van der Waals surface area (Å²) in [6, 6.07) is 18.2. The van der Waals surface area contributed by atoms with Crippen molar-refractivity contribution >= 4 is 28.5 Å². The molecule has 3 aromatic carbocycles. The average Bonchev–Trinajstić information content (AvgIpc) is 2.83. The van der Waals surface area contributed by atoms with Crippen molar-refractivity contribution in [1.82, 2.24) is 4.98 Å². The minimum absolute atomic E-state index is 0.0588. The summed E-state index contributed by atoms with van der Waals surface area (Å²) in [5, 5.41) is 12.5. The van der Waals surface area contributed by atoms with E-state index in [1.165, 1.54) is 24.4 Å². The largest absolute Gasteiger partial charge is 0.478 e. The van der Waals surface area contributed by atoms with Gasteiger partial charge in [-0.25, -0.2) is 9.18 Å². The second kappa shape index (κ2) is 8.74. The summed E-state index contributed by atoms with van der Waals surface area (Å²) in [7, 11) is 0. The van der Waals surface area contributed by atoms with E-state index in [1.54, 1.807) is 42.5 Å². The van der Waals surface area contributed by atoms with Crippen LogP contribution in [-0.4, -0.2) is 28.6 Å². The number of halogens is 3. The topological polar surface area (TPSA) is 79.3 Å². The Bertz CT molecular complexity index is 1350. The van der Waals surface area contributed by atoms with Crippen LogP contribution < -0.4 is 5.32 Å². The lowest BCUT2D eigenvalue weighted by molar-refractivity contribution is -0.0280. The van der Waals surface area contributed by atoms with Crippen LogP contribution in [0.5, 0.6) is 0 Å². The maximum Gasteiger partial charge on any atom is 0.337 e. The quantitative estimate of drug-likeness (QED) is 0.383. The first kappa shape index (κ1) is 22.0. The molecule has 166 valence electrons. The Kier molecular flexibility index (Phi) is 5.83. The van der Waals surface area contributed by atoms with E-state index < -0.39 is 30.0 Å². The van der Waals surface area contributed by atoms with Gasteiger partial charge in [0.15, 0.2) is 6.67 Å². The number of amides is 1. The first-order valence-corrected chi connectivity index (χ1v) is 9.87. The number of anilines is 1. The van der Waals surface area contributed by atoms with E-state index in [9.17, 15) is 22.8 Å². The second-order valence-corrected chi connectivity index (χ2v) is 7.35. The molecule has 0 atom stereocenters. The first-order valence-electron chi connectivity index (χ1n) is 9.87. The molecule has 1 aromatic heterocycles. The number of carboxylic acid groups (broad SMARTS) is 1. The third-order valence-electron chi connectivity index (χ3n) is 5.15. The molecule has 4 aromatic rings. The molecule has 1 amide bonds. The smallest absolute Gasteiger partial charge is 0.337 e. The number of pyridine rings is 1. The molecule has 0 radical (unpaired) electrons. The lowest BCUT2D eigenvalue weighted by Crippen LogP contribution is -2.15. The molecule has 0 spiro atoms. The minimum atomic E-state index is -3.56. The molecule has 33 heavy (non-hydrogen) atoms. The van der Waals surface area contributed by atoms with Gasteiger partial charge < -0.3 is 10.4 Å². The fraction of sp³-hybridized carbons (Fsp3) is 0.0800. The highest BCUT2D eigenvalue weighted by Gasteiger charge is 2.31. The van der Waals surface area contributed by atoms with E-state index in [2.05, 4.69) is 10.3 Å². The Morgan fingerprint density at radius 2 is 1.70 bits per heavy atom. The highest BCUT2D eigenvalue weighted by atomic mass is 19.3. The van der Waals surface area contributed by atoms with Gasteiger partial charge in [-0.15, -0.1) is 0 Å². The second-order valence-electron chi connectivity index (χ2n) is 7.35. The van der Waals surface area contributed by atoms with Crippen molar-refractivity contribution in [1.29, 1.82) is 0 Å². The van der Waals surface area contributed by atoms with Gasteiger partial charge in [0.25, 0.3) is 5.91 Å². The van der Waals surface area contributed by atoms with Crippen molar-refractivity contribution in [2.75, 3.05) is 12.0 Å². The molecule has 5 nitrogen and oxygen atoms in total. The summed E-state index contributed by atoms with van der Waals surface area (Å²) in [5.41, 5.74) is 1.95. The number of nitrogens with zero attached hydrogens (tertiary/aromatic N) is 1. The van der Waals surface area contributed by atoms with Crippen LogP contribution >= 0.6 is 0 Å². The molecule has 1 heterocycles. The summed E-state index contributed by atoms with van der Waals surface area (Å²) in [6.45, 7) is -1.79. The molecule has 0 saturated carbocycles. The van der Waals surface area contributed by atoms with Crippen molar-refractivity contribution < 1.29 is 27.9 Å². The van der Waals surface area contributed by atoms with Crippen molar-refractivity contribution in [2.45, 2.75) is 5.92 Å². The van der Waals surface area contributed by atoms with E-state index in [0.29, 0.717) is 33.3 Å². The molecule has 0 aliphatic heterocycles. The summed E-state index contributed by atoms with van der Waals surface area (Å²) in [5.74, 6) is -5.07. The number of hydrogen-bond donors (Lipinski definition) is 2. The number of nitrogens with one attached hydrogen (secondary N) is 1. The van der Waals surface area contributed by atoms with Gasteiger partial charge in [0.2, 0.25) is 0 Å². The molecule has 8 heteroatoms. The summed E-state index contributed by atoms with van der Waals surface area (Å²) in [6.07, 6.45) is 1.24. The number of alkyl halides is 3. The van der Waals surface area contributed by atoms with Gasteiger partial charge in [0.1, 0.15) is 0 Å². The van der Waals surface area contributed by atoms with Gasteiger partial charge in [0.05, 0.1) is 11.1 Å². The summed E-state index contributed by atoms with van der Waals surface area (Å²) < 4.78 is 39.7. The average molecular weight is 450 g/mol. The van der Waals surface area contributed by atoms with Crippen LogP contribution in [0.25, 0.3) is 22.0 Å². The fourth-order valence-electron chi connectivity index (χ4n) is 3.42. The van der Waals surface area contributed by atoms with E-state index in [-0.39, 0.29) is 5.56 Å². The maximum absolute atomic E-state index is 13.6. The Morgan fingerprint density at radius 1 is 0.970 bits per heavy atom. The highest BCUT2D eigenvalue weighted by molar-refractivity contribution is 6.09. The Morgan fingerprint density at radius 3 is 2.39 bits per heavy atom. The number of aromatic nitrogens is 1. The zero-order valence-electron chi connectivity index (χ0n) is 17.1. The third kappa shape index (κ3) is 4.55. The molecule has 0 saturated heterocycles. The number of aromatic carboxylic acids is 1. The van der Waals surface area contributed by atoms with Crippen LogP contribution in [0.1, 0.15) is 26.3 Å². The predicted molar refractivity (Wildman–Crippen MR) is 118 cm³/mol. The zero-order valence-corrected chi connectivity index (χ0v) is 17.1. The Balaban J connectivity index is 1.61. The van der Waals surface area contributed by atoms with Crippen molar-refractivity contribution in [3.63, 3.8) is 0 Å². The standard InChI is InChI=1S/C25H17F3N2O3/c26-14-25(27,28)18-8-5-15(6-9-18)20-3-1-2-4-21(20)23(31)30-19-10-7-16-11-17(24(32)33)13-29-22(16)12-19/h1-13H,14H2,(H,30,31)(H,32,33). The van der Waals surface area contributed by atoms with Crippen molar-refractivity contribution in [3.05, 3.63) is 95.7 Å². The van der Waals surface area contributed by atoms with Crippen LogP contribution in [0.15, 0.2) is 79.0 Å². The van der Waals surface area contributed by atoms with Crippen LogP contribution in [0.2, 0.25) is 0 Å². The van der Waals surface area contributed by atoms with Gasteiger partial charge in [-0.2, -0.15) is 8.78 Å². The summed E-state index contributed by atoms with van der Waals surface area (Å²) >= 11 is 0. The SMILES string of the molecule is O=C(O)c1cnc2cc(NC(=O)c3ccccc3-c3ccc(C(F)(F)CF)cc3)ccc2c1. The first-order chi connectivity index (χ1) is 15.8. The molecule has 0 fully saturated rings. The number of rotatable bonds is 6. The number of carbonyl (C=O) groups excluding carboxylic acids is 1. The Hall–Kier alpha value is -4.20. The molecular weight excluding hydrogens is 433 g/mol. The number of carbonyl (C=O) groups is 2. The molecule has 0 aliphatic rings. The number of carboxylic acids is 1. The minimum Gasteiger partial charge on any atom is -0.478 e. The lowest BCUT2D eigenvalue weighted by atomic mass is 9.97. The van der Waals surface area contributed by atoms with E-state index in [1.807, 2.05) is 0 Å². The van der Waals surface area contributed by atoms with Crippen molar-refractivity contribution in [2.24, 2.45) is 0 Å². The highest BCUT2D eigenvalue weighted by Crippen LogP contribution is 2.31. The van der Waals surface area contributed by atoms with Crippen LogP contribution in [0.3, 0.4) is 0 Å². The van der Waals surface area contributed by atoms with Gasteiger partial charge in [-0.1, -0.05) is 48.5 Å². The van der Waals surface area contributed by atoms with Crippen LogP contribution in [0.4, 0.5) is 18.9 Å². The van der Waals surface area contributed by atoms with Gasteiger partial charge in [-0.3, -0.25) is 9.78 Å². The van der Waals surface area contributed by atoms with E-state index in [4.69, 9.17) is 5.11 Å². The molecule has 2 N–H and O–H groups in total. The van der Waals surface area contributed by atoms with Crippen LogP contribution in [-0.2, 0) is 5.92 Å².